The van der Waals surface area contributed by atoms with Crippen LogP contribution in [-0.2, 0) is 11.0 Å². The molecule has 1 aliphatic rings. The number of halogens is 3. The van der Waals surface area contributed by atoms with E-state index in [2.05, 4.69) is 0 Å². The minimum absolute atomic E-state index is 0.0189. The van der Waals surface area contributed by atoms with Crippen LogP contribution in [0.5, 0.6) is 0 Å². The van der Waals surface area contributed by atoms with Crippen molar-refractivity contribution in [2.24, 2.45) is 5.73 Å². The molecule has 0 saturated carbocycles. The molecule has 0 aromatic heterocycles. The second kappa shape index (κ2) is 7.88. The molecule has 1 heterocycles. The van der Waals surface area contributed by atoms with E-state index in [0.29, 0.717) is 11.1 Å². The van der Waals surface area contributed by atoms with Gasteiger partial charge in [0.25, 0.3) is 0 Å². The van der Waals surface area contributed by atoms with E-state index in [1.807, 2.05) is 12.1 Å². The van der Waals surface area contributed by atoms with Crippen LogP contribution in [0.2, 0.25) is 0 Å². The number of nitrogens with two attached hydrogens (primary N) is 1. The number of carbonyl (C=O) groups is 1. The summed E-state index contributed by atoms with van der Waals surface area (Å²) in [5, 5.41) is 28.6. The summed E-state index contributed by atoms with van der Waals surface area (Å²) in [5.74, 6) is -2.56. The monoisotopic (exact) mass is 424 g/mol. The van der Waals surface area contributed by atoms with E-state index in [1.165, 1.54) is 43.3 Å². The first-order valence-electron chi connectivity index (χ1n) is 8.91. The zero-order valence-electron chi connectivity index (χ0n) is 16.1. The number of benzene rings is 2. The quantitative estimate of drug-likeness (QED) is 0.762. The van der Waals surface area contributed by atoms with Gasteiger partial charge < -0.3 is 10.8 Å². The smallest absolute Gasteiger partial charge is 0.416 e. The Hall–Kier alpha value is -4.24. The van der Waals surface area contributed by atoms with Crippen LogP contribution in [0.1, 0.15) is 29.5 Å². The predicted molar refractivity (Wildman–Crippen MR) is 105 cm³/mol. The van der Waals surface area contributed by atoms with Gasteiger partial charge in [0.1, 0.15) is 5.82 Å². The number of nitriles is 2. The maximum absolute atomic E-state index is 13.2. The van der Waals surface area contributed by atoms with Crippen molar-refractivity contribution in [2.75, 3.05) is 4.90 Å². The lowest BCUT2D eigenvalue weighted by atomic mass is 9.81. The van der Waals surface area contributed by atoms with Gasteiger partial charge in [-0.05, 0) is 42.8 Å². The fraction of sp³-hybridized carbons (Fsp3) is 0.136. The Labute approximate surface area is 175 Å². The number of carboxylic acid groups (broad SMARTS) is 1. The van der Waals surface area contributed by atoms with E-state index in [-0.39, 0.29) is 28.4 Å². The molecule has 3 N–H and O–H groups in total. The molecule has 1 aliphatic heterocycles. The third-order valence-corrected chi connectivity index (χ3v) is 4.98. The normalized spacial score (nSPS) is 16.7. The molecule has 1 atom stereocenters. The van der Waals surface area contributed by atoms with Crippen molar-refractivity contribution in [1.82, 2.24) is 0 Å². The van der Waals surface area contributed by atoms with E-state index >= 15 is 0 Å². The molecule has 0 fully saturated rings. The van der Waals surface area contributed by atoms with E-state index < -0.39 is 23.6 Å². The molecule has 0 radical (unpaired) electrons. The summed E-state index contributed by atoms with van der Waals surface area (Å²) in [4.78, 5) is 13.3. The van der Waals surface area contributed by atoms with Gasteiger partial charge >= 0.3 is 12.1 Å². The molecule has 0 bridgehead atoms. The number of allylic oxidation sites excluding steroid dienone is 2. The van der Waals surface area contributed by atoms with Crippen molar-refractivity contribution >= 4 is 11.7 Å². The zero-order valence-corrected chi connectivity index (χ0v) is 16.1. The molecule has 156 valence electrons. The minimum Gasteiger partial charge on any atom is -0.478 e. The predicted octanol–water partition coefficient (Wildman–Crippen LogP) is 4.23. The summed E-state index contributed by atoms with van der Waals surface area (Å²) in [6.07, 6.45) is -4.61. The van der Waals surface area contributed by atoms with Gasteiger partial charge in [0.2, 0.25) is 0 Å². The van der Waals surface area contributed by atoms with Gasteiger partial charge in [-0.2, -0.15) is 23.7 Å². The van der Waals surface area contributed by atoms with Crippen molar-refractivity contribution in [3.8, 4) is 12.1 Å². The number of anilines is 1. The van der Waals surface area contributed by atoms with Crippen molar-refractivity contribution < 1.29 is 23.1 Å². The average Bonchev–Trinajstić information content (AvgIpc) is 2.73. The highest BCUT2D eigenvalue weighted by Gasteiger charge is 2.38. The van der Waals surface area contributed by atoms with Crippen LogP contribution in [0.15, 0.2) is 71.2 Å². The molecule has 2 aromatic carbocycles. The maximum atomic E-state index is 13.2. The number of rotatable bonds is 3. The molecule has 0 spiro atoms. The summed E-state index contributed by atoms with van der Waals surface area (Å²) in [6.45, 7) is 1.42. The molecule has 0 saturated heterocycles. The number of hydrogen-bond donors (Lipinski definition) is 2. The fourth-order valence-electron chi connectivity index (χ4n) is 3.56. The Morgan fingerprint density at radius 2 is 1.77 bits per heavy atom. The standard InChI is InChI=1S/C22H15F3N4O2/c1-12-18(21(30)31)19(14-7-5-13(10-26)6-8-14)17(11-27)20(28)29(12)16-4-2-3-15(9-16)22(23,24)25/h2-9,19H,28H2,1H3,(H,30,31). The highest BCUT2D eigenvalue weighted by Crippen LogP contribution is 2.43. The van der Waals surface area contributed by atoms with Crippen molar-refractivity contribution in [1.29, 1.82) is 10.5 Å². The van der Waals surface area contributed by atoms with E-state index in [4.69, 9.17) is 11.0 Å². The molecule has 31 heavy (non-hydrogen) atoms. The Morgan fingerprint density at radius 3 is 2.29 bits per heavy atom. The van der Waals surface area contributed by atoms with E-state index in [0.717, 1.165) is 17.0 Å². The van der Waals surface area contributed by atoms with Crippen LogP contribution < -0.4 is 10.6 Å². The average molecular weight is 424 g/mol. The first-order chi connectivity index (χ1) is 14.6. The third-order valence-electron chi connectivity index (χ3n) is 4.98. The lowest BCUT2D eigenvalue weighted by Crippen LogP contribution is -2.36. The van der Waals surface area contributed by atoms with Gasteiger partial charge in [-0.3, -0.25) is 4.90 Å². The molecule has 9 heteroatoms. The largest absolute Gasteiger partial charge is 0.478 e. The molecule has 1 unspecified atom stereocenters. The number of carboxylic acids is 1. The minimum atomic E-state index is -4.61. The van der Waals surface area contributed by atoms with Gasteiger partial charge in [-0.1, -0.05) is 18.2 Å². The van der Waals surface area contributed by atoms with Gasteiger partial charge in [-0.15, -0.1) is 0 Å². The van der Waals surface area contributed by atoms with Crippen molar-refractivity contribution in [3.63, 3.8) is 0 Å². The number of nitrogens with zero attached hydrogens (tertiary/aromatic N) is 3. The topological polar surface area (TPSA) is 114 Å². The molecule has 6 nitrogen and oxygen atoms in total. The van der Waals surface area contributed by atoms with Crippen molar-refractivity contribution in [2.45, 2.75) is 19.0 Å². The van der Waals surface area contributed by atoms with Crippen LogP contribution >= 0.6 is 0 Å². The Balaban J connectivity index is 2.24. The fourth-order valence-corrected chi connectivity index (χ4v) is 3.56. The van der Waals surface area contributed by atoms with Crippen molar-refractivity contribution in [3.05, 3.63) is 87.9 Å². The van der Waals surface area contributed by atoms with Crippen LogP contribution in [0, 0.1) is 22.7 Å². The molecular formula is C22H15F3N4O2. The Kier molecular flexibility index (Phi) is 5.46. The van der Waals surface area contributed by atoms with E-state index in [1.54, 1.807) is 0 Å². The summed E-state index contributed by atoms with van der Waals surface area (Å²) in [5.41, 5.74) is 5.75. The third kappa shape index (κ3) is 3.81. The highest BCUT2D eigenvalue weighted by molar-refractivity contribution is 5.93. The number of hydrogen-bond acceptors (Lipinski definition) is 5. The summed E-state index contributed by atoms with van der Waals surface area (Å²) < 4.78 is 39.5. The van der Waals surface area contributed by atoms with Gasteiger partial charge in [-0.25, -0.2) is 4.79 Å². The summed E-state index contributed by atoms with van der Waals surface area (Å²) >= 11 is 0. The lowest BCUT2D eigenvalue weighted by molar-refractivity contribution is -0.137. The maximum Gasteiger partial charge on any atom is 0.416 e. The first kappa shape index (κ1) is 21.5. The highest BCUT2D eigenvalue weighted by atomic mass is 19.4. The number of alkyl halides is 3. The Morgan fingerprint density at radius 1 is 1.13 bits per heavy atom. The second-order valence-corrected chi connectivity index (χ2v) is 6.77. The van der Waals surface area contributed by atoms with Gasteiger partial charge in [0, 0.05) is 11.4 Å². The summed E-state index contributed by atoms with van der Waals surface area (Å²) in [7, 11) is 0. The van der Waals surface area contributed by atoms with Crippen LogP contribution in [0.4, 0.5) is 18.9 Å². The van der Waals surface area contributed by atoms with Gasteiger partial charge in [0.05, 0.1) is 40.3 Å². The van der Waals surface area contributed by atoms with Crippen LogP contribution in [0.3, 0.4) is 0 Å². The SMILES string of the molecule is CC1=C(C(=O)O)C(c2ccc(C#N)cc2)C(C#N)=C(N)N1c1cccc(C(F)(F)F)c1. The first-order valence-corrected chi connectivity index (χ1v) is 8.91. The molecule has 3 rings (SSSR count). The molecule has 0 aliphatic carbocycles. The van der Waals surface area contributed by atoms with E-state index in [9.17, 15) is 28.3 Å². The Bertz CT molecular complexity index is 1200. The zero-order chi connectivity index (χ0) is 22.9. The number of aliphatic carboxylic acids is 1. The van der Waals surface area contributed by atoms with Crippen LogP contribution in [0.25, 0.3) is 0 Å². The summed E-state index contributed by atoms with van der Waals surface area (Å²) in [6, 6.07) is 14.1. The molecular weight excluding hydrogens is 409 g/mol. The molecule has 2 aromatic rings. The second-order valence-electron chi connectivity index (χ2n) is 6.77. The van der Waals surface area contributed by atoms with Crippen LogP contribution in [-0.4, -0.2) is 11.1 Å². The van der Waals surface area contributed by atoms with Gasteiger partial charge in [0.15, 0.2) is 0 Å². The molecule has 0 amide bonds. The lowest BCUT2D eigenvalue weighted by Gasteiger charge is -2.35.